The van der Waals surface area contributed by atoms with Crippen molar-refractivity contribution in [1.82, 2.24) is 14.6 Å². The Morgan fingerprint density at radius 3 is 2.68 bits per heavy atom. The second kappa shape index (κ2) is 8.80. The maximum atomic E-state index is 12.1. The summed E-state index contributed by atoms with van der Waals surface area (Å²) in [5.74, 6) is 1.36. The van der Waals surface area contributed by atoms with Crippen molar-refractivity contribution < 1.29 is 22.7 Å². The highest BCUT2D eigenvalue weighted by Gasteiger charge is 2.21. The first-order valence-electron chi connectivity index (χ1n) is 8.53. The van der Waals surface area contributed by atoms with Crippen molar-refractivity contribution in [2.24, 2.45) is 0 Å². The van der Waals surface area contributed by atoms with E-state index in [2.05, 4.69) is 10.3 Å². The Balaban J connectivity index is 1.45. The number of benzene rings is 1. The average molecular weight is 424 g/mol. The normalized spacial score (nSPS) is 16.0. The molecular formula is C18H21N3O5S2. The van der Waals surface area contributed by atoms with Gasteiger partial charge in [-0.15, -0.1) is 0 Å². The Morgan fingerprint density at radius 2 is 2.00 bits per heavy atom. The second-order valence-electron chi connectivity index (χ2n) is 6.21. The standard InChI is InChI=1S/C18H21N3O5S2/c1-21(2)28(23,24)14-7-8-18(20-10-14)27-12-17(22)19-9-13-11-25-15-5-3-4-6-16(15)26-13/h3-8,10,13H,9,11-12H2,1-2H3,(H,19,22)/t13-/m0/s1. The molecule has 0 saturated heterocycles. The van der Waals surface area contributed by atoms with Crippen molar-refractivity contribution in [3.05, 3.63) is 42.6 Å². The summed E-state index contributed by atoms with van der Waals surface area (Å²) in [6, 6.07) is 10.5. The first-order chi connectivity index (χ1) is 13.4. The fourth-order valence-electron chi connectivity index (χ4n) is 2.40. The number of carbonyl (C=O) groups excluding carboxylic acids is 1. The van der Waals surface area contributed by atoms with Crippen LogP contribution < -0.4 is 14.8 Å². The molecule has 0 fully saturated rings. The Bertz CT molecular complexity index is 932. The van der Waals surface area contributed by atoms with Crippen LogP contribution in [0.4, 0.5) is 0 Å². The van der Waals surface area contributed by atoms with Crippen LogP contribution in [0.2, 0.25) is 0 Å². The number of rotatable bonds is 7. The summed E-state index contributed by atoms with van der Waals surface area (Å²) >= 11 is 1.23. The third-order valence-corrected chi connectivity index (χ3v) is 6.68. The number of sulfonamides is 1. The van der Waals surface area contributed by atoms with E-state index < -0.39 is 10.0 Å². The van der Waals surface area contributed by atoms with E-state index in [0.29, 0.717) is 29.7 Å². The number of fused-ring (bicyclic) bond motifs is 1. The van der Waals surface area contributed by atoms with Crippen molar-refractivity contribution in [3.8, 4) is 11.5 Å². The predicted octanol–water partition coefficient (Wildman–Crippen LogP) is 1.38. The molecule has 1 N–H and O–H groups in total. The largest absolute Gasteiger partial charge is 0.486 e. The SMILES string of the molecule is CN(C)S(=O)(=O)c1ccc(SCC(=O)NC[C@H]2COc3ccccc3O2)nc1. The highest BCUT2D eigenvalue weighted by molar-refractivity contribution is 7.99. The van der Waals surface area contributed by atoms with Crippen LogP contribution in [0.3, 0.4) is 0 Å². The van der Waals surface area contributed by atoms with Crippen molar-refractivity contribution in [3.63, 3.8) is 0 Å². The van der Waals surface area contributed by atoms with E-state index in [-0.39, 0.29) is 22.7 Å². The minimum absolute atomic E-state index is 0.112. The minimum Gasteiger partial charge on any atom is -0.486 e. The molecule has 1 amide bonds. The fourth-order valence-corrected chi connectivity index (χ4v) is 3.92. The maximum Gasteiger partial charge on any atom is 0.244 e. The lowest BCUT2D eigenvalue weighted by Gasteiger charge is -2.26. The van der Waals surface area contributed by atoms with Crippen LogP contribution in [0.15, 0.2) is 52.5 Å². The number of nitrogens with zero attached hydrogens (tertiary/aromatic N) is 2. The third-order valence-electron chi connectivity index (χ3n) is 3.93. The number of nitrogens with one attached hydrogen (secondary N) is 1. The second-order valence-corrected chi connectivity index (χ2v) is 9.36. The van der Waals surface area contributed by atoms with Crippen molar-refractivity contribution in [1.29, 1.82) is 0 Å². The minimum atomic E-state index is -3.51. The molecule has 0 bridgehead atoms. The summed E-state index contributed by atoms with van der Waals surface area (Å²) < 4.78 is 36.6. The summed E-state index contributed by atoms with van der Waals surface area (Å²) in [5.41, 5.74) is 0. The van der Waals surface area contributed by atoms with E-state index in [4.69, 9.17) is 9.47 Å². The number of aromatic nitrogens is 1. The third kappa shape index (κ3) is 4.94. The number of pyridine rings is 1. The van der Waals surface area contributed by atoms with Crippen LogP contribution >= 0.6 is 11.8 Å². The molecule has 3 rings (SSSR count). The van der Waals surface area contributed by atoms with E-state index >= 15 is 0 Å². The lowest BCUT2D eigenvalue weighted by molar-refractivity contribution is -0.119. The fraction of sp³-hybridized carbons (Fsp3) is 0.333. The van der Waals surface area contributed by atoms with Gasteiger partial charge in [0.1, 0.15) is 17.6 Å². The van der Waals surface area contributed by atoms with E-state index in [1.165, 1.54) is 38.1 Å². The van der Waals surface area contributed by atoms with Gasteiger partial charge < -0.3 is 14.8 Å². The van der Waals surface area contributed by atoms with Crippen molar-refractivity contribution >= 4 is 27.7 Å². The highest BCUT2D eigenvalue weighted by Crippen LogP contribution is 2.30. The van der Waals surface area contributed by atoms with E-state index in [9.17, 15) is 13.2 Å². The van der Waals surface area contributed by atoms with Crippen LogP contribution in [0.5, 0.6) is 11.5 Å². The smallest absolute Gasteiger partial charge is 0.244 e. The Hall–Kier alpha value is -2.30. The molecule has 0 radical (unpaired) electrons. The van der Waals surface area contributed by atoms with Gasteiger partial charge in [0, 0.05) is 20.3 Å². The first kappa shape index (κ1) is 20.4. The molecule has 1 aliphatic rings. The molecule has 0 unspecified atom stereocenters. The molecule has 2 heterocycles. The Labute approximate surface area is 168 Å². The Kier molecular flexibility index (Phi) is 6.42. The molecule has 0 spiro atoms. The van der Waals surface area contributed by atoms with Gasteiger partial charge in [0.15, 0.2) is 11.5 Å². The zero-order valence-corrected chi connectivity index (χ0v) is 17.1. The molecule has 0 saturated carbocycles. The van der Waals surface area contributed by atoms with Gasteiger partial charge in [-0.1, -0.05) is 23.9 Å². The summed E-state index contributed by atoms with van der Waals surface area (Å²) in [7, 11) is -0.590. The molecule has 1 aliphatic heterocycles. The van der Waals surface area contributed by atoms with Crippen molar-refractivity contribution in [2.45, 2.75) is 16.0 Å². The summed E-state index contributed by atoms with van der Waals surface area (Å²) in [4.78, 5) is 16.3. The number of para-hydroxylation sites is 2. The number of thioether (sulfide) groups is 1. The molecule has 28 heavy (non-hydrogen) atoms. The van der Waals surface area contributed by atoms with Gasteiger partial charge in [0.2, 0.25) is 15.9 Å². The van der Waals surface area contributed by atoms with Crippen LogP contribution in [0, 0.1) is 0 Å². The number of ether oxygens (including phenoxy) is 2. The summed E-state index contributed by atoms with van der Waals surface area (Å²) in [6.45, 7) is 0.703. The molecule has 10 heteroatoms. The molecular weight excluding hydrogens is 402 g/mol. The molecule has 0 aliphatic carbocycles. The Morgan fingerprint density at radius 1 is 1.25 bits per heavy atom. The predicted molar refractivity (Wildman–Crippen MR) is 105 cm³/mol. The molecule has 1 aromatic heterocycles. The van der Waals surface area contributed by atoms with Crippen LogP contribution in [-0.4, -0.2) is 62.7 Å². The quantitative estimate of drug-likeness (QED) is 0.672. The molecule has 2 aromatic rings. The maximum absolute atomic E-state index is 12.1. The average Bonchev–Trinajstić information content (AvgIpc) is 2.70. The molecule has 1 aromatic carbocycles. The number of hydrogen-bond donors (Lipinski definition) is 1. The van der Waals surface area contributed by atoms with Gasteiger partial charge in [-0.25, -0.2) is 17.7 Å². The monoisotopic (exact) mass is 423 g/mol. The van der Waals surface area contributed by atoms with E-state index in [0.717, 1.165) is 4.31 Å². The molecule has 150 valence electrons. The number of amides is 1. The molecule has 8 nitrogen and oxygen atoms in total. The number of hydrogen-bond acceptors (Lipinski definition) is 7. The van der Waals surface area contributed by atoms with Gasteiger partial charge in [0.05, 0.1) is 17.3 Å². The van der Waals surface area contributed by atoms with Crippen molar-refractivity contribution in [2.75, 3.05) is 33.0 Å². The van der Waals surface area contributed by atoms with Gasteiger partial charge in [-0.3, -0.25) is 4.79 Å². The summed E-state index contributed by atoms with van der Waals surface area (Å²) in [6.07, 6.45) is 1.04. The van der Waals surface area contributed by atoms with Gasteiger partial charge in [0.25, 0.3) is 0 Å². The lowest BCUT2D eigenvalue weighted by Crippen LogP contribution is -2.41. The van der Waals surface area contributed by atoms with Crippen LogP contribution in [0.1, 0.15) is 0 Å². The highest BCUT2D eigenvalue weighted by atomic mass is 32.2. The molecule has 1 atom stereocenters. The van der Waals surface area contributed by atoms with E-state index in [1.54, 1.807) is 6.07 Å². The van der Waals surface area contributed by atoms with Crippen LogP contribution in [0.25, 0.3) is 0 Å². The zero-order chi connectivity index (χ0) is 20.1. The number of carbonyl (C=O) groups is 1. The van der Waals surface area contributed by atoms with Crippen LogP contribution in [-0.2, 0) is 14.8 Å². The van der Waals surface area contributed by atoms with E-state index in [1.807, 2.05) is 24.3 Å². The van der Waals surface area contributed by atoms with Gasteiger partial charge in [-0.2, -0.15) is 0 Å². The van der Waals surface area contributed by atoms with Gasteiger partial charge in [-0.05, 0) is 24.3 Å². The zero-order valence-electron chi connectivity index (χ0n) is 15.5. The lowest BCUT2D eigenvalue weighted by atomic mass is 10.2. The van der Waals surface area contributed by atoms with Gasteiger partial charge >= 0.3 is 0 Å². The topological polar surface area (TPSA) is 97.8 Å². The summed E-state index contributed by atoms with van der Waals surface area (Å²) in [5, 5.41) is 3.38. The first-order valence-corrected chi connectivity index (χ1v) is 11.0.